The van der Waals surface area contributed by atoms with E-state index in [-0.39, 0.29) is 17.1 Å². The van der Waals surface area contributed by atoms with E-state index >= 15 is 0 Å². The van der Waals surface area contributed by atoms with Gasteiger partial charge in [-0.25, -0.2) is 13.2 Å². The van der Waals surface area contributed by atoms with Gasteiger partial charge in [0.05, 0.1) is 0 Å². The number of nitrogens with one attached hydrogen (secondary N) is 1. The molecule has 6 heteroatoms. The van der Waals surface area contributed by atoms with Gasteiger partial charge in [0.25, 0.3) is 0 Å². The minimum atomic E-state index is -0.889. The molecule has 1 saturated carbocycles. The summed E-state index contributed by atoms with van der Waals surface area (Å²) < 4.78 is 38.1. The monoisotopic (exact) mass is 374 g/mol. The van der Waals surface area contributed by atoms with E-state index in [9.17, 15) is 13.2 Å². The van der Waals surface area contributed by atoms with Crippen molar-refractivity contribution in [1.29, 1.82) is 0 Å². The Bertz CT molecular complexity index is 913. The fourth-order valence-electron chi connectivity index (χ4n) is 2.91. The van der Waals surface area contributed by atoms with Crippen LogP contribution in [-0.4, -0.2) is 16.1 Å². The Labute approximate surface area is 155 Å². The number of phenols is 1. The first-order chi connectivity index (χ1) is 13.1. The minimum Gasteiger partial charge on any atom is -0.508 e. The van der Waals surface area contributed by atoms with Crippen molar-refractivity contribution < 1.29 is 18.3 Å². The first-order valence-electron chi connectivity index (χ1n) is 8.86. The lowest BCUT2D eigenvalue weighted by Gasteiger charge is -2.26. The van der Waals surface area contributed by atoms with Crippen molar-refractivity contribution in [3.8, 4) is 5.75 Å². The summed E-state index contributed by atoms with van der Waals surface area (Å²) >= 11 is 0. The van der Waals surface area contributed by atoms with Crippen LogP contribution in [0.25, 0.3) is 10.8 Å². The highest BCUT2D eigenvalue weighted by Gasteiger charge is 2.17. The van der Waals surface area contributed by atoms with Gasteiger partial charge in [-0.1, -0.05) is 6.42 Å². The van der Waals surface area contributed by atoms with E-state index in [4.69, 9.17) is 5.11 Å². The van der Waals surface area contributed by atoms with Crippen molar-refractivity contribution in [3.05, 3.63) is 71.6 Å². The van der Waals surface area contributed by atoms with E-state index in [1.807, 2.05) is 6.07 Å². The van der Waals surface area contributed by atoms with E-state index in [2.05, 4.69) is 10.3 Å². The predicted molar refractivity (Wildman–Crippen MR) is 99.1 cm³/mol. The molecule has 0 aliphatic heterocycles. The number of halogens is 3. The topological polar surface area (TPSA) is 45.2 Å². The number of aromatic nitrogens is 1. The Morgan fingerprint density at radius 1 is 1.07 bits per heavy atom. The Morgan fingerprint density at radius 2 is 1.85 bits per heavy atom. The van der Waals surface area contributed by atoms with Crippen molar-refractivity contribution in [3.63, 3.8) is 0 Å². The maximum Gasteiger partial charge on any atom is 0.129 e. The van der Waals surface area contributed by atoms with Crippen molar-refractivity contribution in [2.45, 2.75) is 38.5 Å². The molecule has 2 N–H and O–H groups in total. The summed E-state index contributed by atoms with van der Waals surface area (Å²) in [6.45, 7) is -0.280. The number of hydrogen-bond acceptors (Lipinski definition) is 3. The summed E-state index contributed by atoms with van der Waals surface area (Å²) in [7, 11) is 0. The molecule has 3 nitrogen and oxygen atoms in total. The Morgan fingerprint density at radius 3 is 2.52 bits per heavy atom. The van der Waals surface area contributed by atoms with Crippen LogP contribution in [0.4, 0.5) is 13.2 Å². The second-order valence-electron chi connectivity index (χ2n) is 6.54. The maximum atomic E-state index is 13.8. The number of phenolic OH excluding ortho intramolecular Hbond substituents is 1. The molecule has 0 unspecified atom stereocenters. The highest BCUT2D eigenvalue weighted by atomic mass is 19.1. The highest BCUT2D eigenvalue weighted by Crippen LogP contribution is 2.23. The smallest absolute Gasteiger partial charge is 0.129 e. The first kappa shape index (κ1) is 19.2. The van der Waals surface area contributed by atoms with Crippen LogP contribution in [0.5, 0.6) is 5.75 Å². The Kier molecular flexibility index (Phi) is 6.29. The molecule has 1 fully saturated rings. The van der Waals surface area contributed by atoms with Gasteiger partial charge < -0.3 is 10.4 Å². The summed E-state index contributed by atoms with van der Waals surface area (Å²) in [6.07, 6.45) is 7.22. The Hall–Kier alpha value is -2.60. The molecule has 4 rings (SSSR count). The molecule has 0 atom stereocenters. The SMILES string of the molecule is Fc1ccc2cnccc2c1CNC1CCC1.Oc1ccc(F)c(CF)c1. The summed E-state index contributed by atoms with van der Waals surface area (Å²) in [6, 6.07) is 9.04. The summed E-state index contributed by atoms with van der Waals surface area (Å²) in [5.41, 5.74) is 0.650. The molecule has 1 aliphatic rings. The third-order valence-corrected chi connectivity index (χ3v) is 4.72. The molecule has 0 saturated heterocycles. The lowest BCUT2D eigenvalue weighted by molar-refractivity contribution is 0.337. The van der Waals surface area contributed by atoms with Crippen molar-refractivity contribution in [2.24, 2.45) is 0 Å². The highest BCUT2D eigenvalue weighted by molar-refractivity contribution is 5.84. The third kappa shape index (κ3) is 4.77. The number of rotatable bonds is 4. The molecule has 1 heterocycles. The van der Waals surface area contributed by atoms with Gasteiger partial charge in [0.2, 0.25) is 0 Å². The van der Waals surface area contributed by atoms with Crippen LogP contribution in [-0.2, 0) is 13.2 Å². The van der Waals surface area contributed by atoms with Crippen LogP contribution >= 0.6 is 0 Å². The normalized spacial score (nSPS) is 13.7. The molecule has 2 aromatic carbocycles. The molecule has 142 valence electrons. The average Bonchev–Trinajstić information content (AvgIpc) is 2.64. The standard InChI is InChI=1S/C14H15FN2.C7H6F2O/c15-14-5-4-10-8-16-7-6-12(10)13(14)9-17-11-2-1-3-11;8-4-5-3-6(10)1-2-7(5)9/h4-8,11,17H,1-3,9H2;1-3,10H,4H2. The molecule has 0 amide bonds. The quantitative estimate of drug-likeness (QED) is 0.674. The molecule has 3 aromatic rings. The zero-order chi connectivity index (χ0) is 19.2. The fraction of sp³-hybridized carbons (Fsp3) is 0.286. The number of hydrogen-bond donors (Lipinski definition) is 2. The number of aromatic hydroxyl groups is 1. The van der Waals surface area contributed by atoms with Gasteiger partial charge >= 0.3 is 0 Å². The summed E-state index contributed by atoms with van der Waals surface area (Å²) in [4.78, 5) is 4.06. The molecule has 0 spiro atoms. The average molecular weight is 374 g/mol. The molecule has 1 aromatic heterocycles. The number of fused-ring (bicyclic) bond motifs is 1. The first-order valence-corrected chi connectivity index (χ1v) is 8.86. The minimum absolute atomic E-state index is 0.111. The van der Waals surface area contributed by atoms with Crippen LogP contribution in [0.2, 0.25) is 0 Å². The molecule has 1 aliphatic carbocycles. The van der Waals surface area contributed by atoms with Gasteiger partial charge in [-0.05, 0) is 54.6 Å². The molecular weight excluding hydrogens is 353 g/mol. The van der Waals surface area contributed by atoms with E-state index in [1.165, 1.54) is 31.4 Å². The van der Waals surface area contributed by atoms with Crippen LogP contribution in [0.15, 0.2) is 48.8 Å². The van der Waals surface area contributed by atoms with E-state index < -0.39 is 12.5 Å². The maximum absolute atomic E-state index is 13.8. The number of benzene rings is 2. The zero-order valence-electron chi connectivity index (χ0n) is 14.8. The zero-order valence-corrected chi connectivity index (χ0v) is 14.8. The van der Waals surface area contributed by atoms with Gasteiger partial charge in [0.1, 0.15) is 24.1 Å². The van der Waals surface area contributed by atoms with Gasteiger partial charge in [0.15, 0.2) is 0 Å². The predicted octanol–water partition coefficient (Wildman–Crippen LogP) is 5.02. The van der Waals surface area contributed by atoms with Crippen molar-refractivity contribution in [1.82, 2.24) is 10.3 Å². The van der Waals surface area contributed by atoms with Crippen LogP contribution in [0.1, 0.15) is 30.4 Å². The summed E-state index contributed by atoms with van der Waals surface area (Å²) in [5.74, 6) is -0.870. The van der Waals surface area contributed by atoms with E-state index in [0.29, 0.717) is 12.6 Å². The third-order valence-electron chi connectivity index (χ3n) is 4.72. The van der Waals surface area contributed by atoms with Crippen molar-refractivity contribution >= 4 is 10.8 Å². The van der Waals surface area contributed by atoms with Gasteiger partial charge in [0, 0.05) is 41.5 Å². The lowest BCUT2D eigenvalue weighted by Crippen LogP contribution is -2.34. The van der Waals surface area contributed by atoms with Crippen LogP contribution in [0.3, 0.4) is 0 Å². The van der Waals surface area contributed by atoms with Crippen LogP contribution in [0, 0.1) is 11.6 Å². The lowest BCUT2D eigenvalue weighted by atomic mass is 9.93. The number of pyridine rings is 1. The van der Waals surface area contributed by atoms with E-state index in [0.717, 1.165) is 28.5 Å². The fourth-order valence-corrected chi connectivity index (χ4v) is 2.91. The molecule has 0 bridgehead atoms. The molecule has 27 heavy (non-hydrogen) atoms. The van der Waals surface area contributed by atoms with Gasteiger partial charge in [-0.3, -0.25) is 4.98 Å². The number of nitrogens with zero attached hydrogens (tertiary/aromatic N) is 1. The van der Waals surface area contributed by atoms with Crippen molar-refractivity contribution in [2.75, 3.05) is 0 Å². The van der Waals surface area contributed by atoms with Gasteiger partial charge in [-0.15, -0.1) is 0 Å². The summed E-state index contributed by atoms with van der Waals surface area (Å²) in [5, 5.41) is 14.1. The van der Waals surface area contributed by atoms with Crippen LogP contribution < -0.4 is 5.32 Å². The number of alkyl halides is 1. The Balaban J connectivity index is 0.000000180. The molecular formula is C21H21F3N2O. The second-order valence-corrected chi connectivity index (χ2v) is 6.54. The molecule has 0 radical (unpaired) electrons. The largest absolute Gasteiger partial charge is 0.508 e. The second kappa shape index (κ2) is 8.86. The van der Waals surface area contributed by atoms with Gasteiger partial charge in [-0.2, -0.15) is 0 Å². The van der Waals surface area contributed by atoms with E-state index in [1.54, 1.807) is 18.5 Å².